The number of carbonyl (C=O) groups excluding carboxylic acids is 2. The Labute approximate surface area is 481 Å². The Balaban J connectivity index is 3.42. The van der Waals surface area contributed by atoms with Crippen LogP contribution in [0.2, 0.25) is 0 Å². The van der Waals surface area contributed by atoms with Crippen molar-refractivity contribution in [1.29, 1.82) is 0 Å². The van der Waals surface area contributed by atoms with Crippen LogP contribution in [0.15, 0.2) is 24.3 Å². The number of hydrogen-bond donors (Lipinski definition) is 3. The van der Waals surface area contributed by atoms with E-state index in [9.17, 15) is 19.8 Å². The van der Waals surface area contributed by atoms with Crippen molar-refractivity contribution in [3.8, 4) is 0 Å². The summed E-state index contributed by atoms with van der Waals surface area (Å²) in [4.78, 5) is 24.6. The van der Waals surface area contributed by atoms with Crippen molar-refractivity contribution < 1.29 is 24.5 Å². The number of rotatable bonds is 66. The molecule has 0 aliphatic carbocycles. The van der Waals surface area contributed by atoms with E-state index in [1.807, 2.05) is 6.08 Å². The molecule has 0 radical (unpaired) electrons. The highest BCUT2D eigenvalue weighted by atomic mass is 16.5. The molecule has 0 bridgehead atoms. The third-order valence-corrected chi connectivity index (χ3v) is 16.5. The van der Waals surface area contributed by atoms with Gasteiger partial charge in [-0.25, -0.2) is 0 Å². The van der Waals surface area contributed by atoms with Gasteiger partial charge >= 0.3 is 5.97 Å². The van der Waals surface area contributed by atoms with Crippen molar-refractivity contribution in [3.63, 3.8) is 0 Å². The standard InChI is InChI=1S/C71H137NO5/c1-3-5-7-9-11-13-15-17-19-21-22-28-32-35-39-43-47-51-55-59-63-69(74)68(67-73)72-70(75)64-60-56-52-48-44-40-36-33-29-26-24-23-25-27-30-34-38-42-46-50-54-58-62-66-77-71(76)65-61-57-53-49-45-41-37-31-20-18-16-14-12-10-8-6-4-2/h26,29,59,63,68-69,73-74H,3-25,27-28,30-58,60-62,64-67H2,1-2H3,(H,72,75)/b29-26-,63-59+. The largest absolute Gasteiger partial charge is 0.466 e. The topological polar surface area (TPSA) is 95.9 Å². The third kappa shape index (κ3) is 63.4. The van der Waals surface area contributed by atoms with E-state index in [-0.39, 0.29) is 18.5 Å². The molecule has 456 valence electrons. The van der Waals surface area contributed by atoms with Crippen LogP contribution in [-0.4, -0.2) is 47.4 Å². The van der Waals surface area contributed by atoms with E-state index >= 15 is 0 Å². The molecule has 0 aromatic carbocycles. The maximum Gasteiger partial charge on any atom is 0.305 e. The first-order valence-corrected chi connectivity index (χ1v) is 35.1. The van der Waals surface area contributed by atoms with Crippen molar-refractivity contribution in [1.82, 2.24) is 5.32 Å². The van der Waals surface area contributed by atoms with Crippen LogP contribution >= 0.6 is 0 Å². The van der Waals surface area contributed by atoms with Crippen LogP contribution in [0.4, 0.5) is 0 Å². The highest BCUT2D eigenvalue weighted by Gasteiger charge is 2.18. The number of unbranched alkanes of at least 4 members (excludes halogenated alkanes) is 53. The Morgan fingerprint density at radius 2 is 0.610 bits per heavy atom. The summed E-state index contributed by atoms with van der Waals surface area (Å²) in [6.45, 7) is 4.94. The Morgan fingerprint density at radius 1 is 0.351 bits per heavy atom. The minimum atomic E-state index is -0.849. The molecule has 6 nitrogen and oxygen atoms in total. The summed E-state index contributed by atoms with van der Waals surface area (Å²) < 4.78 is 5.50. The Kier molecular flexibility index (Phi) is 65.4. The summed E-state index contributed by atoms with van der Waals surface area (Å²) in [5, 5.41) is 23.2. The van der Waals surface area contributed by atoms with E-state index in [4.69, 9.17) is 4.74 Å². The van der Waals surface area contributed by atoms with Gasteiger partial charge in [-0.3, -0.25) is 9.59 Å². The molecular weight excluding hydrogens is 947 g/mol. The molecule has 0 aromatic rings. The maximum atomic E-state index is 12.5. The van der Waals surface area contributed by atoms with Crippen LogP contribution in [-0.2, 0) is 14.3 Å². The Morgan fingerprint density at radius 3 is 0.922 bits per heavy atom. The highest BCUT2D eigenvalue weighted by Crippen LogP contribution is 2.19. The molecule has 0 spiro atoms. The van der Waals surface area contributed by atoms with Gasteiger partial charge in [-0.2, -0.15) is 0 Å². The number of esters is 1. The monoisotopic (exact) mass is 1080 g/mol. The number of aliphatic hydroxyl groups is 2. The van der Waals surface area contributed by atoms with Crippen molar-refractivity contribution in [2.24, 2.45) is 0 Å². The fourth-order valence-corrected chi connectivity index (χ4v) is 11.1. The number of hydrogen-bond acceptors (Lipinski definition) is 5. The molecule has 3 N–H and O–H groups in total. The molecule has 0 aliphatic rings. The summed E-state index contributed by atoms with van der Waals surface area (Å²) in [7, 11) is 0. The molecule has 2 unspecified atom stereocenters. The quantitative estimate of drug-likeness (QED) is 0.0320. The first-order chi connectivity index (χ1) is 38.0. The molecular formula is C71H137NO5. The van der Waals surface area contributed by atoms with Gasteiger partial charge in [0.25, 0.3) is 0 Å². The van der Waals surface area contributed by atoms with E-state index in [2.05, 4.69) is 31.3 Å². The summed E-state index contributed by atoms with van der Waals surface area (Å²) in [6, 6.07) is -0.633. The van der Waals surface area contributed by atoms with Gasteiger partial charge in [0.05, 0.1) is 25.4 Å². The average molecular weight is 1080 g/mol. The van der Waals surface area contributed by atoms with Gasteiger partial charge in [0.15, 0.2) is 0 Å². The molecule has 2 atom stereocenters. The van der Waals surface area contributed by atoms with Crippen LogP contribution in [0.3, 0.4) is 0 Å². The molecule has 77 heavy (non-hydrogen) atoms. The number of allylic oxidation sites excluding steroid dienone is 3. The number of amides is 1. The molecule has 0 aliphatic heterocycles. The normalized spacial score (nSPS) is 12.6. The SMILES string of the molecule is CCCCCCCCCCCCCCCCCCCC/C=C/C(O)C(CO)NC(=O)CCCCCCCCC/C=C\CCCCCCCCCCCCCCOC(=O)CCCCCCCCCCCCCCCCCCC. The average Bonchev–Trinajstić information content (AvgIpc) is 3.43. The zero-order valence-electron chi connectivity index (χ0n) is 52.2. The molecule has 0 heterocycles. The lowest BCUT2D eigenvalue weighted by molar-refractivity contribution is -0.143. The second-order valence-electron chi connectivity index (χ2n) is 24.2. The predicted octanol–water partition coefficient (Wildman–Crippen LogP) is 22.5. The molecule has 1 amide bonds. The minimum Gasteiger partial charge on any atom is -0.466 e. The first kappa shape index (κ1) is 75.3. The van der Waals surface area contributed by atoms with Crippen molar-refractivity contribution in [3.05, 3.63) is 24.3 Å². The van der Waals surface area contributed by atoms with E-state index in [1.165, 1.54) is 321 Å². The van der Waals surface area contributed by atoms with Gasteiger partial charge < -0.3 is 20.3 Å². The van der Waals surface area contributed by atoms with Gasteiger partial charge in [0.2, 0.25) is 5.91 Å². The molecule has 0 fully saturated rings. The fraction of sp³-hybridized carbons (Fsp3) is 0.915. The van der Waals surface area contributed by atoms with Gasteiger partial charge in [0, 0.05) is 12.8 Å². The third-order valence-electron chi connectivity index (χ3n) is 16.5. The van der Waals surface area contributed by atoms with Crippen molar-refractivity contribution in [2.75, 3.05) is 13.2 Å². The summed E-state index contributed by atoms with van der Waals surface area (Å²) in [5.41, 5.74) is 0. The zero-order valence-corrected chi connectivity index (χ0v) is 52.2. The molecule has 6 heteroatoms. The Hall–Kier alpha value is -1.66. The highest BCUT2D eigenvalue weighted by molar-refractivity contribution is 5.76. The van der Waals surface area contributed by atoms with E-state index < -0.39 is 12.1 Å². The molecule has 0 saturated carbocycles. The minimum absolute atomic E-state index is 0.0157. The number of ether oxygens (including phenoxy) is 1. The molecule has 0 saturated heterocycles. The van der Waals surface area contributed by atoms with Gasteiger partial charge in [0.1, 0.15) is 0 Å². The van der Waals surface area contributed by atoms with Crippen LogP contribution < -0.4 is 5.32 Å². The summed E-state index contributed by atoms with van der Waals surface area (Å²) in [6.07, 6.45) is 83.9. The summed E-state index contributed by atoms with van der Waals surface area (Å²) in [5.74, 6) is -0.0548. The van der Waals surface area contributed by atoms with Gasteiger partial charge in [-0.05, 0) is 57.8 Å². The van der Waals surface area contributed by atoms with Crippen LogP contribution in [0.25, 0.3) is 0 Å². The second kappa shape index (κ2) is 66.8. The lowest BCUT2D eigenvalue weighted by atomic mass is 10.0. The smallest absolute Gasteiger partial charge is 0.305 e. The van der Waals surface area contributed by atoms with Crippen LogP contribution in [0, 0.1) is 0 Å². The predicted molar refractivity (Wildman–Crippen MR) is 338 cm³/mol. The maximum absolute atomic E-state index is 12.5. The Bertz CT molecular complexity index is 1200. The van der Waals surface area contributed by atoms with Crippen molar-refractivity contribution >= 4 is 11.9 Å². The number of nitrogens with one attached hydrogen (secondary N) is 1. The molecule has 0 rings (SSSR count). The van der Waals surface area contributed by atoms with E-state index in [0.717, 1.165) is 44.9 Å². The fourth-order valence-electron chi connectivity index (χ4n) is 11.1. The lowest BCUT2D eigenvalue weighted by Gasteiger charge is -2.20. The van der Waals surface area contributed by atoms with Gasteiger partial charge in [-0.15, -0.1) is 0 Å². The zero-order chi connectivity index (χ0) is 55.7. The second-order valence-corrected chi connectivity index (χ2v) is 24.2. The summed E-state index contributed by atoms with van der Waals surface area (Å²) >= 11 is 0. The lowest BCUT2D eigenvalue weighted by Crippen LogP contribution is -2.45. The van der Waals surface area contributed by atoms with Crippen LogP contribution in [0.5, 0.6) is 0 Å². The number of carbonyl (C=O) groups is 2. The van der Waals surface area contributed by atoms with Crippen molar-refractivity contribution in [2.45, 2.75) is 405 Å². The number of aliphatic hydroxyl groups excluding tert-OH is 2. The van der Waals surface area contributed by atoms with E-state index in [0.29, 0.717) is 19.4 Å². The first-order valence-electron chi connectivity index (χ1n) is 35.1. The van der Waals surface area contributed by atoms with Crippen LogP contribution in [0.1, 0.15) is 393 Å². The van der Waals surface area contributed by atoms with Gasteiger partial charge in [-0.1, -0.05) is 346 Å². The molecule has 0 aromatic heterocycles. The van der Waals surface area contributed by atoms with E-state index in [1.54, 1.807) is 6.08 Å².